The average molecular weight is 920 g/mol. The Hall–Kier alpha value is -1.16. The molecule has 1 rings (SSSR count). The molecule has 374 valence electrons. The molecule has 0 radical (unpaired) electrons. The molecule has 1 fully saturated rings. The first kappa shape index (κ1) is 59.9. The number of ether oxygens (including phenoxy) is 2. The molecule has 0 aromatic heterocycles. The highest BCUT2D eigenvalue weighted by Crippen LogP contribution is 2.26. The van der Waals surface area contributed by atoms with Gasteiger partial charge >= 0.3 is 10.4 Å². The summed E-state index contributed by atoms with van der Waals surface area (Å²) in [5, 5.41) is 44.8. The van der Waals surface area contributed by atoms with Crippen LogP contribution in [0, 0.1) is 0 Å². The van der Waals surface area contributed by atoms with E-state index in [4.69, 9.17) is 9.47 Å². The second-order valence-corrected chi connectivity index (χ2v) is 19.5. The smallest absolute Gasteiger partial charge is 0.394 e. The van der Waals surface area contributed by atoms with E-state index < -0.39 is 59.9 Å². The molecule has 1 aliphatic heterocycles. The monoisotopic (exact) mass is 920 g/mol. The maximum absolute atomic E-state index is 13.0. The van der Waals surface area contributed by atoms with Gasteiger partial charge in [0.05, 0.1) is 25.4 Å². The maximum atomic E-state index is 13.0. The third kappa shape index (κ3) is 33.9. The van der Waals surface area contributed by atoms with Gasteiger partial charge < -0.3 is 35.2 Å². The van der Waals surface area contributed by atoms with E-state index in [1.807, 2.05) is 6.08 Å². The quantitative estimate of drug-likeness (QED) is 0.0193. The van der Waals surface area contributed by atoms with Gasteiger partial charge in [-0.05, 0) is 19.3 Å². The molecule has 1 saturated heterocycles. The minimum absolute atomic E-state index is 0.259. The predicted molar refractivity (Wildman–Crippen MR) is 255 cm³/mol. The molecular formula is C50H97NO11S. The van der Waals surface area contributed by atoms with Crippen molar-refractivity contribution in [2.75, 3.05) is 13.2 Å². The van der Waals surface area contributed by atoms with Gasteiger partial charge in [0.2, 0.25) is 5.91 Å². The van der Waals surface area contributed by atoms with Gasteiger partial charge in [-0.25, -0.2) is 4.18 Å². The van der Waals surface area contributed by atoms with Crippen LogP contribution in [0.2, 0.25) is 0 Å². The third-order valence-electron chi connectivity index (χ3n) is 12.6. The molecule has 63 heavy (non-hydrogen) atoms. The number of aliphatic hydroxyl groups excluding tert-OH is 4. The van der Waals surface area contributed by atoms with E-state index in [9.17, 15) is 38.2 Å². The van der Waals surface area contributed by atoms with Crippen LogP contribution in [0.15, 0.2) is 12.2 Å². The summed E-state index contributed by atoms with van der Waals surface area (Å²) in [7, 11) is -5.08. The summed E-state index contributed by atoms with van der Waals surface area (Å²) in [6, 6.07) is -0.938. The summed E-state index contributed by atoms with van der Waals surface area (Å²) >= 11 is 0. The molecule has 0 aliphatic carbocycles. The van der Waals surface area contributed by atoms with Gasteiger partial charge in [0.25, 0.3) is 0 Å². The first-order valence-corrected chi connectivity index (χ1v) is 27.4. The van der Waals surface area contributed by atoms with E-state index in [-0.39, 0.29) is 18.9 Å². The molecule has 0 spiro atoms. The van der Waals surface area contributed by atoms with Crippen molar-refractivity contribution in [3.05, 3.63) is 12.2 Å². The van der Waals surface area contributed by atoms with Crippen molar-refractivity contribution in [1.29, 1.82) is 0 Å². The molecule has 6 N–H and O–H groups in total. The number of hydrogen-bond acceptors (Lipinski definition) is 10. The average Bonchev–Trinajstić information content (AvgIpc) is 3.25. The number of unbranched alkanes of at least 4 members (excludes halogenated alkanes) is 33. The van der Waals surface area contributed by atoms with Crippen LogP contribution in [0.3, 0.4) is 0 Å². The topological polar surface area (TPSA) is 192 Å². The Balaban J connectivity index is 2.41. The molecule has 7 unspecified atom stereocenters. The molecule has 1 aliphatic rings. The van der Waals surface area contributed by atoms with E-state index in [1.54, 1.807) is 6.08 Å². The lowest BCUT2D eigenvalue weighted by Crippen LogP contribution is -2.61. The number of nitrogens with one attached hydrogen (secondary N) is 1. The van der Waals surface area contributed by atoms with Crippen molar-refractivity contribution in [2.24, 2.45) is 0 Å². The highest BCUT2D eigenvalue weighted by atomic mass is 32.3. The molecule has 7 atom stereocenters. The third-order valence-corrected chi connectivity index (χ3v) is 13.0. The van der Waals surface area contributed by atoms with Gasteiger partial charge in [0.15, 0.2) is 6.29 Å². The molecule has 13 heteroatoms. The highest BCUT2D eigenvalue weighted by molar-refractivity contribution is 7.80. The van der Waals surface area contributed by atoms with Crippen LogP contribution in [0.1, 0.15) is 245 Å². The lowest BCUT2D eigenvalue weighted by Gasteiger charge is -2.41. The van der Waals surface area contributed by atoms with Crippen molar-refractivity contribution in [2.45, 2.75) is 288 Å². The normalized spacial score (nSPS) is 20.4. The second kappa shape index (κ2) is 41.1. The van der Waals surface area contributed by atoms with Crippen molar-refractivity contribution < 1.29 is 51.8 Å². The van der Waals surface area contributed by atoms with Crippen LogP contribution in [0.5, 0.6) is 0 Å². The summed E-state index contributed by atoms with van der Waals surface area (Å²) in [6.45, 7) is 3.41. The lowest BCUT2D eigenvalue weighted by molar-refractivity contribution is -0.298. The summed E-state index contributed by atoms with van der Waals surface area (Å²) in [6.07, 6.45) is 38.3. The highest BCUT2D eigenvalue weighted by Gasteiger charge is 2.48. The molecule has 12 nitrogen and oxygen atoms in total. The number of allylic oxidation sites excluding steroid dienone is 1. The Labute approximate surface area is 385 Å². The van der Waals surface area contributed by atoms with E-state index in [0.717, 1.165) is 38.5 Å². The van der Waals surface area contributed by atoms with Crippen LogP contribution in [-0.2, 0) is 28.9 Å². The largest absolute Gasteiger partial charge is 0.397 e. The fraction of sp³-hybridized carbons (Fsp3) is 0.940. The zero-order valence-electron chi connectivity index (χ0n) is 40.2. The van der Waals surface area contributed by atoms with Crippen LogP contribution < -0.4 is 5.32 Å². The van der Waals surface area contributed by atoms with Gasteiger partial charge in [0.1, 0.15) is 24.4 Å². The van der Waals surface area contributed by atoms with E-state index in [0.29, 0.717) is 6.42 Å². The standard InChI is InChI=1S/C50H97NO11S/c1-3-5-7-9-11-13-15-17-18-19-20-21-22-23-24-25-26-28-29-31-33-35-37-39-44(53)43(42-60-50-48(56)49(62-63(57,58)59)47(55)45(41-52)61-50)51-46(54)40-38-36-34-32-30-27-16-14-12-10-8-6-4-2/h37,39,43-45,47-50,52-53,55-56H,3-36,38,40-42H2,1-2H3,(H,51,54)(H,57,58,59)/b39-37+. The predicted octanol–water partition coefficient (Wildman–Crippen LogP) is 11.1. The Kier molecular flexibility index (Phi) is 39.0. The van der Waals surface area contributed by atoms with Crippen molar-refractivity contribution in [3.63, 3.8) is 0 Å². The number of hydrogen-bond donors (Lipinski definition) is 6. The van der Waals surface area contributed by atoms with Crippen LogP contribution in [0.25, 0.3) is 0 Å². The Morgan fingerprint density at radius 3 is 1.38 bits per heavy atom. The SMILES string of the molecule is CCCCCCCCCCCCCCCCCCCCCCC/C=C/C(O)C(COC1OC(CO)C(O)C(OS(=O)(=O)O)C1O)NC(=O)CCCCCCCCCCCCCCC. The minimum Gasteiger partial charge on any atom is -0.394 e. The first-order chi connectivity index (χ1) is 30.5. The van der Waals surface area contributed by atoms with Gasteiger partial charge in [-0.3, -0.25) is 9.35 Å². The molecule has 0 bridgehead atoms. The van der Waals surface area contributed by atoms with Crippen molar-refractivity contribution in [3.8, 4) is 0 Å². The van der Waals surface area contributed by atoms with E-state index >= 15 is 0 Å². The van der Waals surface area contributed by atoms with Gasteiger partial charge in [-0.1, -0.05) is 231 Å². The minimum atomic E-state index is -5.08. The number of amides is 1. The second-order valence-electron chi connectivity index (χ2n) is 18.5. The van der Waals surface area contributed by atoms with Gasteiger partial charge in [-0.2, -0.15) is 8.42 Å². The fourth-order valence-corrected chi connectivity index (χ4v) is 9.02. The molecule has 0 aromatic rings. The molecule has 1 heterocycles. The number of aliphatic hydroxyl groups is 4. The number of carbonyl (C=O) groups is 1. The van der Waals surface area contributed by atoms with Gasteiger partial charge in [-0.15, -0.1) is 0 Å². The molecular weight excluding hydrogens is 823 g/mol. The Bertz CT molecular complexity index is 1180. The number of rotatable bonds is 45. The fourth-order valence-electron chi connectivity index (χ4n) is 8.52. The summed E-state index contributed by atoms with van der Waals surface area (Å²) in [5.41, 5.74) is 0. The first-order valence-electron chi connectivity index (χ1n) is 26.1. The Morgan fingerprint density at radius 2 is 1.00 bits per heavy atom. The van der Waals surface area contributed by atoms with E-state index in [1.165, 1.54) is 180 Å². The zero-order valence-corrected chi connectivity index (χ0v) is 41.0. The van der Waals surface area contributed by atoms with Crippen molar-refractivity contribution >= 4 is 16.3 Å². The van der Waals surface area contributed by atoms with Crippen LogP contribution in [-0.4, -0.2) is 95.4 Å². The summed E-state index contributed by atoms with van der Waals surface area (Å²) < 4.78 is 47.7. The van der Waals surface area contributed by atoms with E-state index in [2.05, 4.69) is 23.3 Å². The van der Waals surface area contributed by atoms with Gasteiger partial charge in [0, 0.05) is 6.42 Å². The summed E-state index contributed by atoms with van der Waals surface area (Å²) in [5.74, 6) is -0.259. The van der Waals surface area contributed by atoms with Crippen LogP contribution >= 0.6 is 0 Å². The lowest BCUT2D eigenvalue weighted by atomic mass is 9.99. The zero-order chi connectivity index (χ0) is 46.2. The summed E-state index contributed by atoms with van der Waals surface area (Å²) in [4.78, 5) is 13.0. The maximum Gasteiger partial charge on any atom is 0.397 e. The Morgan fingerprint density at radius 1 is 0.619 bits per heavy atom. The van der Waals surface area contributed by atoms with Crippen LogP contribution in [0.4, 0.5) is 0 Å². The number of carbonyl (C=O) groups excluding carboxylic acids is 1. The van der Waals surface area contributed by atoms with Crippen molar-refractivity contribution in [1.82, 2.24) is 5.32 Å². The molecule has 1 amide bonds. The molecule has 0 saturated carbocycles. The molecule has 0 aromatic carbocycles.